The minimum atomic E-state index is -0.732. The number of amides is 2. The van der Waals surface area contributed by atoms with Crippen LogP contribution < -0.4 is 10.6 Å². The van der Waals surface area contributed by atoms with Crippen LogP contribution in [0.1, 0.15) is 32.8 Å². The number of nitrogens with one attached hydrogen (secondary N) is 2. The molecule has 0 aliphatic rings. The highest BCUT2D eigenvalue weighted by atomic mass is 35.5. The van der Waals surface area contributed by atoms with E-state index in [2.05, 4.69) is 15.6 Å². The van der Waals surface area contributed by atoms with E-state index >= 15 is 0 Å². The van der Waals surface area contributed by atoms with Crippen molar-refractivity contribution in [2.75, 3.05) is 17.3 Å². The fraction of sp³-hybridized carbons (Fsp3) is 0.261. The molecule has 0 saturated heterocycles. The Morgan fingerprint density at radius 3 is 2.75 bits per heavy atom. The smallest absolute Gasteiger partial charge is 0.253 e. The van der Waals surface area contributed by atoms with Crippen LogP contribution >= 0.6 is 34.7 Å². The molecule has 3 aromatic rings. The number of carbonyl (C=O) groups excluding carboxylic acids is 2. The lowest BCUT2D eigenvalue weighted by Crippen LogP contribution is -2.44. The van der Waals surface area contributed by atoms with Crippen LogP contribution in [0.4, 0.5) is 9.52 Å². The summed E-state index contributed by atoms with van der Waals surface area (Å²) in [5.74, 6) is -0.297. The van der Waals surface area contributed by atoms with Gasteiger partial charge >= 0.3 is 0 Å². The van der Waals surface area contributed by atoms with Gasteiger partial charge in [-0.15, -0.1) is 11.3 Å². The molecule has 1 heterocycles. The van der Waals surface area contributed by atoms with E-state index in [1.54, 1.807) is 55.2 Å². The topological polar surface area (TPSA) is 71.1 Å². The van der Waals surface area contributed by atoms with Crippen molar-refractivity contribution in [1.82, 2.24) is 10.3 Å². The highest BCUT2D eigenvalue weighted by molar-refractivity contribution is 7.98. The Labute approximate surface area is 199 Å². The van der Waals surface area contributed by atoms with E-state index in [0.717, 1.165) is 10.4 Å². The summed E-state index contributed by atoms with van der Waals surface area (Å²) in [6.45, 7) is 1.72. The minimum absolute atomic E-state index is 0.244. The Kier molecular flexibility index (Phi) is 8.67. The zero-order valence-corrected chi connectivity index (χ0v) is 20.0. The van der Waals surface area contributed by atoms with Gasteiger partial charge in [0, 0.05) is 17.5 Å². The monoisotopic (exact) mass is 491 g/mol. The second-order valence-electron chi connectivity index (χ2n) is 7.17. The molecule has 3 rings (SSSR count). The fourth-order valence-electron chi connectivity index (χ4n) is 2.97. The van der Waals surface area contributed by atoms with Gasteiger partial charge in [-0.05, 0) is 54.7 Å². The van der Waals surface area contributed by atoms with E-state index in [1.807, 2.05) is 12.3 Å². The van der Waals surface area contributed by atoms with Crippen LogP contribution in [0.25, 0.3) is 0 Å². The molecule has 1 aromatic heterocycles. The molecule has 5 nitrogen and oxygen atoms in total. The Balaban J connectivity index is 1.66. The average molecular weight is 492 g/mol. The molecular formula is C23H23ClFN3O2S2. The Morgan fingerprint density at radius 2 is 2.03 bits per heavy atom. The first kappa shape index (κ1) is 24.2. The van der Waals surface area contributed by atoms with Gasteiger partial charge in [-0.1, -0.05) is 35.9 Å². The number of thioether (sulfide) groups is 1. The summed E-state index contributed by atoms with van der Waals surface area (Å²) in [4.78, 5) is 30.7. The van der Waals surface area contributed by atoms with Crippen LogP contribution in [0.2, 0.25) is 5.02 Å². The van der Waals surface area contributed by atoms with Gasteiger partial charge in [-0.2, -0.15) is 11.8 Å². The van der Waals surface area contributed by atoms with Crippen molar-refractivity contribution in [2.24, 2.45) is 0 Å². The number of nitrogens with zero attached hydrogens (tertiary/aromatic N) is 1. The molecule has 168 valence electrons. The van der Waals surface area contributed by atoms with E-state index in [-0.39, 0.29) is 11.7 Å². The summed E-state index contributed by atoms with van der Waals surface area (Å²) in [7, 11) is 0. The second kappa shape index (κ2) is 11.4. The number of hydrogen-bond donors (Lipinski definition) is 2. The highest BCUT2D eigenvalue weighted by Gasteiger charge is 2.23. The molecule has 32 heavy (non-hydrogen) atoms. The number of aryl methyl sites for hydroxylation is 1. The zero-order chi connectivity index (χ0) is 23.1. The number of carbonyl (C=O) groups is 2. The summed E-state index contributed by atoms with van der Waals surface area (Å²) < 4.78 is 13.8. The van der Waals surface area contributed by atoms with Gasteiger partial charge in [0.05, 0.1) is 10.6 Å². The van der Waals surface area contributed by atoms with Crippen molar-refractivity contribution in [3.05, 3.63) is 81.1 Å². The van der Waals surface area contributed by atoms with E-state index in [1.165, 1.54) is 17.4 Å². The van der Waals surface area contributed by atoms with Gasteiger partial charge in [0.2, 0.25) is 5.91 Å². The van der Waals surface area contributed by atoms with Crippen LogP contribution in [-0.4, -0.2) is 34.8 Å². The van der Waals surface area contributed by atoms with Crippen LogP contribution in [0, 0.1) is 12.7 Å². The van der Waals surface area contributed by atoms with Crippen molar-refractivity contribution in [3.63, 3.8) is 0 Å². The number of thiazole rings is 1. The summed E-state index contributed by atoms with van der Waals surface area (Å²) >= 11 is 9.01. The van der Waals surface area contributed by atoms with Crippen LogP contribution in [0.3, 0.4) is 0 Å². The van der Waals surface area contributed by atoms with Crippen molar-refractivity contribution < 1.29 is 14.0 Å². The Bertz CT molecular complexity index is 1110. The highest BCUT2D eigenvalue weighted by Crippen LogP contribution is 2.23. The van der Waals surface area contributed by atoms with Crippen LogP contribution in [-0.2, 0) is 11.2 Å². The van der Waals surface area contributed by atoms with Gasteiger partial charge < -0.3 is 10.6 Å². The standard InChI is InChI=1S/C23H23ClFN3O2S2/c1-14-7-8-15(12-19(14)25)11-16-13-26-23(32-16)28-22(30)20(9-10-31-2)27-21(29)17-5-3-4-6-18(17)24/h3-8,12-13,20H,9-11H2,1-2H3,(H,27,29)(H,26,28,30). The molecule has 0 radical (unpaired) electrons. The molecule has 1 atom stereocenters. The van der Waals surface area contributed by atoms with E-state index in [9.17, 15) is 14.0 Å². The van der Waals surface area contributed by atoms with Gasteiger partial charge in [0.15, 0.2) is 5.13 Å². The third kappa shape index (κ3) is 6.54. The molecule has 0 spiro atoms. The maximum absolute atomic E-state index is 13.8. The lowest BCUT2D eigenvalue weighted by molar-refractivity contribution is -0.118. The van der Waals surface area contributed by atoms with Gasteiger partial charge in [-0.3, -0.25) is 9.59 Å². The molecular weight excluding hydrogens is 469 g/mol. The number of hydrogen-bond acceptors (Lipinski definition) is 5. The largest absolute Gasteiger partial charge is 0.340 e. The molecule has 2 amide bonds. The molecule has 0 aliphatic carbocycles. The lowest BCUT2D eigenvalue weighted by Gasteiger charge is -2.17. The predicted molar refractivity (Wildman–Crippen MR) is 130 cm³/mol. The summed E-state index contributed by atoms with van der Waals surface area (Å²) in [5, 5.41) is 6.31. The molecule has 0 aliphatic heterocycles. The summed E-state index contributed by atoms with van der Waals surface area (Å²) in [6, 6.07) is 11.1. The Morgan fingerprint density at radius 1 is 1.25 bits per heavy atom. The normalized spacial score (nSPS) is 11.8. The first-order valence-corrected chi connectivity index (χ1v) is 12.5. The molecule has 1 unspecified atom stereocenters. The third-order valence-electron chi connectivity index (χ3n) is 4.75. The van der Waals surface area contributed by atoms with Crippen molar-refractivity contribution in [3.8, 4) is 0 Å². The SMILES string of the molecule is CSCCC(NC(=O)c1ccccc1Cl)C(=O)Nc1ncc(Cc2ccc(C)c(F)c2)s1. The average Bonchev–Trinajstić information content (AvgIpc) is 3.20. The number of aromatic nitrogens is 1. The number of benzene rings is 2. The summed E-state index contributed by atoms with van der Waals surface area (Å²) in [5.41, 5.74) is 1.75. The number of rotatable bonds is 9. The molecule has 0 fully saturated rings. The van der Waals surface area contributed by atoms with Crippen molar-refractivity contribution >= 4 is 51.6 Å². The van der Waals surface area contributed by atoms with Gasteiger partial charge in [-0.25, -0.2) is 9.37 Å². The molecule has 0 bridgehead atoms. The van der Waals surface area contributed by atoms with Gasteiger partial charge in [0.25, 0.3) is 5.91 Å². The van der Waals surface area contributed by atoms with E-state index in [4.69, 9.17) is 11.6 Å². The van der Waals surface area contributed by atoms with Crippen LogP contribution in [0.15, 0.2) is 48.7 Å². The predicted octanol–water partition coefficient (Wildman–Crippen LogP) is 5.33. The first-order chi connectivity index (χ1) is 15.4. The number of anilines is 1. The molecule has 9 heteroatoms. The third-order valence-corrected chi connectivity index (χ3v) is 6.64. The molecule has 2 aromatic carbocycles. The fourth-order valence-corrected chi connectivity index (χ4v) is 4.52. The Hall–Kier alpha value is -2.42. The minimum Gasteiger partial charge on any atom is -0.340 e. The van der Waals surface area contributed by atoms with E-state index < -0.39 is 11.9 Å². The quantitative estimate of drug-likeness (QED) is 0.424. The van der Waals surface area contributed by atoms with E-state index in [0.29, 0.717) is 39.9 Å². The number of halogens is 2. The van der Waals surface area contributed by atoms with Crippen molar-refractivity contribution in [1.29, 1.82) is 0 Å². The zero-order valence-electron chi connectivity index (χ0n) is 17.7. The maximum atomic E-state index is 13.8. The van der Waals surface area contributed by atoms with Crippen LogP contribution in [0.5, 0.6) is 0 Å². The van der Waals surface area contributed by atoms with Gasteiger partial charge in [0.1, 0.15) is 11.9 Å². The summed E-state index contributed by atoms with van der Waals surface area (Å²) in [6.07, 6.45) is 4.58. The first-order valence-electron chi connectivity index (χ1n) is 9.92. The second-order valence-corrected chi connectivity index (χ2v) is 9.68. The lowest BCUT2D eigenvalue weighted by atomic mass is 10.1. The molecule has 0 saturated carbocycles. The molecule has 2 N–H and O–H groups in total. The maximum Gasteiger partial charge on any atom is 0.253 e. The van der Waals surface area contributed by atoms with Crippen molar-refractivity contribution in [2.45, 2.75) is 25.8 Å².